The van der Waals surface area contributed by atoms with Crippen molar-refractivity contribution >= 4 is 34.9 Å². The van der Waals surface area contributed by atoms with Gasteiger partial charge in [0.25, 0.3) is 0 Å². The lowest BCUT2D eigenvalue weighted by Crippen LogP contribution is -2.27. The second-order valence-corrected chi connectivity index (χ2v) is 6.56. The molecule has 0 saturated heterocycles. The molecule has 0 aliphatic carbocycles. The minimum atomic E-state index is -0.538. The molecule has 0 fully saturated rings. The van der Waals surface area contributed by atoms with Crippen LogP contribution in [0, 0.1) is 6.92 Å². The summed E-state index contributed by atoms with van der Waals surface area (Å²) < 4.78 is 5.18. The Hall–Kier alpha value is -2.27. The topological polar surface area (TPSA) is 63.2 Å². The second-order valence-electron chi connectivity index (χ2n) is 6.15. The summed E-state index contributed by atoms with van der Waals surface area (Å²) in [6, 6.07) is 9.21. The van der Waals surface area contributed by atoms with E-state index in [9.17, 15) is 4.79 Å². The van der Waals surface area contributed by atoms with Crippen LogP contribution in [0.3, 0.4) is 0 Å². The van der Waals surface area contributed by atoms with E-state index in [-0.39, 0.29) is 0 Å². The lowest BCUT2D eigenvalue weighted by Gasteiger charge is -2.19. The Labute approximate surface area is 141 Å². The van der Waals surface area contributed by atoms with Crippen molar-refractivity contribution in [3.63, 3.8) is 0 Å². The average molecular weight is 334 g/mol. The van der Waals surface area contributed by atoms with Crippen LogP contribution < -0.4 is 10.6 Å². The predicted molar refractivity (Wildman–Crippen MR) is 93.6 cm³/mol. The molecule has 122 valence electrons. The zero-order valence-corrected chi connectivity index (χ0v) is 14.4. The number of carbonyl (C=O) groups excluding carboxylic acids is 1. The minimum Gasteiger partial charge on any atom is -0.444 e. The number of anilines is 3. The van der Waals surface area contributed by atoms with E-state index in [2.05, 4.69) is 15.6 Å². The number of nitrogens with one attached hydrogen (secondary N) is 2. The van der Waals surface area contributed by atoms with Crippen molar-refractivity contribution < 1.29 is 9.53 Å². The van der Waals surface area contributed by atoms with E-state index in [0.717, 1.165) is 11.3 Å². The maximum atomic E-state index is 11.7. The lowest BCUT2D eigenvalue weighted by atomic mass is 10.2. The Kier molecular flexibility index (Phi) is 5.11. The fourth-order valence-corrected chi connectivity index (χ4v) is 1.96. The highest BCUT2D eigenvalue weighted by Gasteiger charge is 2.16. The van der Waals surface area contributed by atoms with Crippen molar-refractivity contribution in [1.29, 1.82) is 0 Å². The number of pyridine rings is 1. The summed E-state index contributed by atoms with van der Waals surface area (Å²) in [4.78, 5) is 15.9. The molecule has 2 rings (SSSR count). The molecule has 5 nitrogen and oxygen atoms in total. The van der Waals surface area contributed by atoms with Gasteiger partial charge in [0.1, 0.15) is 11.4 Å². The first-order chi connectivity index (χ1) is 10.7. The zero-order valence-electron chi connectivity index (χ0n) is 13.6. The molecule has 0 saturated carbocycles. The van der Waals surface area contributed by atoms with E-state index < -0.39 is 11.7 Å². The Bertz CT molecular complexity index is 694. The number of carbonyl (C=O) groups is 1. The molecule has 0 bridgehead atoms. The smallest absolute Gasteiger partial charge is 0.412 e. The van der Waals surface area contributed by atoms with Gasteiger partial charge in [0.15, 0.2) is 0 Å². The first-order valence-corrected chi connectivity index (χ1v) is 7.60. The Morgan fingerprint density at radius 3 is 2.43 bits per heavy atom. The van der Waals surface area contributed by atoms with Gasteiger partial charge in [-0.05, 0) is 57.5 Å². The molecule has 0 unspecified atom stereocenters. The summed E-state index contributed by atoms with van der Waals surface area (Å²) in [7, 11) is 0. The molecule has 0 spiro atoms. The number of benzene rings is 1. The monoisotopic (exact) mass is 333 g/mol. The highest BCUT2D eigenvalue weighted by atomic mass is 35.5. The third kappa shape index (κ3) is 5.45. The number of hydrogen-bond donors (Lipinski definition) is 2. The molecule has 0 aliphatic heterocycles. The average Bonchev–Trinajstić information content (AvgIpc) is 2.43. The van der Waals surface area contributed by atoms with Crippen molar-refractivity contribution in [2.45, 2.75) is 33.3 Å². The first kappa shape index (κ1) is 17.1. The standard InChI is InChI=1S/C17H20ClN3O2/c1-11-5-6-12(9-14(11)18)20-15-8-7-13(10-19-15)21-16(22)23-17(2,3)4/h5-10H,1-4H3,(H,19,20)(H,21,22). The maximum Gasteiger partial charge on any atom is 0.412 e. The van der Waals surface area contributed by atoms with E-state index >= 15 is 0 Å². The van der Waals surface area contributed by atoms with Crippen LogP contribution in [-0.2, 0) is 4.74 Å². The van der Waals surface area contributed by atoms with E-state index in [0.29, 0.717) is 16.5 Å². The van der Waals surface area contributed by atoms with Crippen LogP contribution in [0.15, 0.2) is 36.5 Å². The largest absolute Gasteiger partial charge is 0.444 e. The number of amides is 1. The highest BCUT2D eigenvalue weighted by Crippen LogP contribution is 2.23. The van der Waals surface area contributed by atoms with Crippen molar-refractivity contribution in [2.24, 2.45) is 0 Å². The number of aryl methyl sites for hydroxylation is 1. The van der Waals surface area contributed by atoms with Crippen LogP contribution in [0.2, 0.25) is 5.02 Å². The van der Waals surface area contributed by atoms with Crippen LogP contribution in [0.5, 0.6) is 0 Å². The van der Waals surface area contributed by atoms with Crippen molar-refractivity contribution in [1.82, 2.24) is 4.98 Å². The predicted octanol–water partition coefficient (Wildman–Crippen LogP) is 5.13. The second kappa shape index (κ2) is 6.87. The number of rotatable bonds is 3. The van der Waals surface area contributed by atoms with Gasteiger partial charge >= 0.3 is 6.09 Å². The Balaban J connectivity index is 1.99. The van der Waals surface area contributed by atoms with Gasteiger partial charge < -0.3 is 10.1 Å². The van der Waals surface area contributed by atoms with Crippen LogP contribution in [-0.4, -0.2) is 16.7 Å². The molecule has 2 N–H and O–H groups in total. The third-order valence-electron chi connectivity index (χ3n) is 2.85. The zero-order chi connectivity index (χ0) is 17.0. The molecule has 1 heterocycles. The first-order valence-electron chi connectivity index (χ1n) is 7.22. The molecule has 0 aliphatic rings. The quantitative estimate of drug-likeness (QED) is 0.816. The van der Waals surface area contributed by atoms with Gasteiger partial charge in [-0.25, -0.2) is 9.78 Å². The van der Waals surface area contributed by atoms with Gasteiger partial charge in [-0.3, -0.25) is 5.32 Å². The summed E-state index contributed by atoms with van der Waals surface area (Å²) in [6.45, 7) is 7.38. The number of nitrogens with zero attached hydrogens (tertiary/aromatic N) is 1. The van der Waals surface area contributed by atoms with Gasteiger partial charge in [0.2, 0.25) is 0 Å². The molecule has 2 aromatic rings. The van der Waals surface area contributed by atoms with Crippen LogP contribution in [0.25, 0.3) is 0 Å². The summed E-state index contributed by atoms with van der Waals surface area (Å²) in [5, 5.41) is 6.48. The van der Waals surface area contributed by atoms with E-state index in [1.165, 1.54) is 0 Å². The van der Waals surface area contributed by atoms with Crippen LogP contribution in [0.4, 0.5) is 22.0 Å². The maximum absolute atomic E-state index is 11.7. The highest BCUT2D eigenvalue weighted by molar-refractivity contribution is 6.31. The van der Waals surface area contributed by atoms with Gasteiger partial charge in [-0.1, -0.05) is 17.7 Å². The van der Waals surface area contributed by atoms with Crippen molar-refractivity contribution in [3.05, 3.63) is 47.1 Å². The third-order valence-corrected chi connectivity index (χ3v) is 3.26. The molecule has 1 aromatic heterocycles. The Morgan fingerprint density at radius 1 is 1.17 bits per heavy atom. The van der Waals surface area contributed by atoms with Crippen LogP contribution >= 0.6 is 11.6 Å². The Morgan fingerprint density at radius 2 is 1.87 bits per heavy atom. The number of hydrogen-bond acceptors (Lipinski definition) is 4. The number of halogens is 1. The molecule has 1 aromatic carbocycles. The van der Waals surface area contributed by atoms with E-state index in [4.69, 9.17) is 16.3 Å². The number of aromatic nitrogens is 1. The molecule has 6 heteroatoms. The normalized spacial score (nSPS) is 11.0. The molecule has 1 amide bonds. The van der Waals surface area contributed by atoms with Gasteiger partial charge in [0, 0.05) is 10.7 Å². The van der Waals surface area contributed by atoms with E-state index in [1.54, 1.807) is 18.3 Å². The van der Waals surface area contributed by atoms with E-state index in [1.807, 2.05) is 45.9 Å². The summed E-state index contributed by atoms with van der Waals surface area (Å²) in [6.07, 6.45) is 1.05. The molecule has 0 atom stereocenters. The summed E-state index contributed by atoms with van der Waals surface area (Å²) in [5.41, 5.74) is 1.89. The fourth-order valence-electron chi connectivity index (χ4n) is 1.78. The van der Waals surface area contributed by atoms with Crippen molar-refractivity contribution in [2.75, 3.05) is 10.6 Å². The fraction of sp³-hybridized carbons (Fsp3) is 0.294. The molecule has 0 radical (unpaired) electrons. The minimum absolute atomic E-state index is 0.509. The summed E-state index contributed by atoms with van der Waals surface area (Å²) in [5.74, 6) is 0.652. The van der Waals surface area contributed by atoms with Gasteiger partial charge in [-0.15, -0.1) is 0 Å². The SMILES string of the molecule is Cc1ccc(Nc2ccc(NC(=O)OC(C)(C)C)cn2)cc1Cl. The number of ether oxygens (including phenoxy) is 1. The summed E-state index contributed by atoms with van der Waals surface area (Å²) >= 11 is 6.09. The molecular weight excluding hydrogens is 314 g/mol. The van der Waals surface area contributed by atoms with Crippen molar-refractivity contribution in [3.8, 4) is 0 Å². The molecule has 23 heavy (non-hydrogen) atoms. The van der Waals surface area contributed by atoms with Crippen LogP contribution in [0.1, 0.15) is 26.3 Å². The molecular formula is C17H20ClN3O2. The lowest BCUT2D eigenvalue weighted by molar-refractivity contribution is 0.0636. The van der Waals surface area contributed by atoms with Gasteiger partial charge in [0.05, 0.1) is 11.9 Å². The van der Waals surface area contributed by atoms with Gasteiger partial charge in [-0.2, -0.15) is 0 Å².